The van der Waals surface area contributed by atoms with E-state index in [2.05, 4.69) is 65.0 Å². The molecule has 0 saturated carbocycles. The summed E-state index contributed by atoms with van der Waals surface area (Å²) in [5.41, 5.74) is 6.02. The zero-order chi connectivity index (χ0) is 22.9. The third-order valence-electron chi connectivity index (χ3n) is 5.58. The van der Waals surface area contributed by atoms with Gasteiger partial charge in [-0.15, -0.1) is 0 Å². The van der Waals surface area contributed by atoms with Gasteiger partial charge in [-0.2, -0.15) is 0 Å². The van der Waals surface area contributed by atoms with Crippen LogP contribution in [0.5, 0.6) is 0 Å². The van der Waals surface area contributed by atoms with Gasteiger partial charge in [0, 0.05) is 16.7 Å². The number of hydrogen-bond acceptors (Lipinski definition) is 4. The van der Waals surface area contributed by atoms with Crippen LogP contribution >= 0.6 is 27.7 Å². The van der Waals surface area contributed by atoms with Crippen LogP contribution in [0.3, 0.4) is 0 Å². The van der Waals surface area contributed by atoms with E-state index in [4.69, 9.17) is 4.99 Å². The summed E-state index contributed by atoms with van der Waals surface area (Å²) in [6.07, 6.45) is 4.15. The first-order chi connectivity index (χ1) is 16.0. The fourth-order valence-corrected chi connectivity index (χ4v) is 5.35. The molecule has 0 aromatic heterocycles. The molecule has 1 amide bonds. The van der Waals surface area contributed by atoms with Gasteiger partial charge in [0.1, 0.15) is 4.91 Å². The van der Waals surface area contributed by atoms with E-state index in [-0.39, 0.29) is 5.91 Å². The van der Waals surface area contributed by atoms with Crippen molar-refractivity contribution in [1.82, 2.24) is 0 Å². The van der Waals surface area contributed by atoms with Crippen LogP contribution in [-0.2, 0) is 4.79 Å². The molecule has 3 aromatic carbocycles. The number of hydrogen-bond donors (Lipinski definition) is 0. The summed E-state index contributed by atoms with van der Waals surface area (Å²) < 4.78 is 0.990. The van der Waals surface area contributed by atoms with Gasteiger partial charge < -0.3 is 4.90 Å². The quantitative estimate of drug-likeness (QED) is 0.343. The number of carbonyl (C=O) groups is 1. The number of allylic oxidation sites excluding steroid dienone is 1. The number of amides is 1. The lowest BCUT2D eigenvalue weighted by atomic mass is 10.0. The SMILES string of the molecule is CCN1C(=C2SC(=Nc3ccc(Br)cc3)N(c3ccccc3)C2=O)C=Cc2cc(C)ccc21. The number of thioether (sulfide) groups is 1. The Morgan fingerprint density at radius 3 is 2.45 bits per heavy atom. The molecular weight excluding hydrogens is 494 g/mol. The molecule has 0 bridgehead atoms. The van der Waals surface area contributed by atoms with Crippen molar-refractivity contribution in [1.29, 1.82) is 0 Å². The summed E-state index contributed by atoms with van der Waals surface area (Å²) in [4.78, 5) is 23.2. The van der Waals surface area contributed by atoms with Crippen molar-refractivity contribution in [3.8, 4) is 0 Å². The highest BCUT2D eigenvalue weighted by atomic mass is 79.9. The number of nitrogens with zero attached hydrogens (tertiary/aromatic N) is 3. The second-order valence-corrected chi connectivity index (χ2v) is 9.70. The van der Waals surface area contributed by atoms with Crippen LogP contribution < -0.4 is 9.80 Å². The van der Waals surface area contributed by atoms with Crippen molar-refractivity contribution < 1.29 is 4.79 Å². The zero-order valence-electron chi connectivity index (χ0n) is 18.3. The van der Waals surface area contributed by atoms with Crippen LogP contribution in [0.2, 0.25) is 0 Å². The van der Waals surface area contributed by atoms with Crippen LogP contribution in [0.1, 0.15) is 18.1 Å². The topological polar surface area (TPSA) is 35.9 Å². The van der Waals surface area contributed by atoms with Gasteiger partial charge in [0.15, 0.2) is 5.17 Å². The van der Waals surface area contributed by atoms with Gasteiger partial charge in [-0.05, 0) is 85.8 Å². The van der Waals surface area contributed by atoms with Gasteiger partial charge in [0.05, 0.1) is 17.1 Å². The summed E-state index contributed by atoms with van der Waals surface area (Å²) in [5.74, 6) is -0.0595. The predicted octanol–water partition coefficient (Wildman–Crippen LogP) is 7.29. The van der Waals surface area contributed by atoms with Gasteiger partial charge >= 0.3 is 0 Å². The minimum absolute atomic E-state index is 0.0595. The van der Waals surface area contributed by atoms with Crippen LogP contribution in [-0.4, -0.2) is 17.6 Å². The van der Waals surface area contributed by atoms with Crippen molar-refractivity contribution in [3.63, 3.8) is 0 Å². The van der Waals surface area contributed by atoms with Gasteiger partial charge in [0.2, 0.25) is 0 Å². The number of likely N-dealkylation sites (N-methyl/N-ethyl adjacent to an activating group) is 1. The number of carbonyl (C=O) groups excluding carboxylic acids is 1. The Hall–Kier alpha value is -3.09. The minimum Gasteiger partial charge on any atom is -0.340 e. The smallest absolute Gasteiger partial charge is 0.273 e. The molecule has 0 atom stereocenters. The molecule has 1 fully saturated rings. The summed E-state index contributed by atoms with van der Waals surface area (Å²) >= 11 is 4.90. The van der Waals surface area contributed by atoms with Crippen LogP contribution in [0.4, 0.5) is 17.1 Å². The molecule has 0 N–H and O–H groups in total. The maximum Gasteiger partial charge on any atom is 0.273 e. The molecule has 33 heavy (non-hydrogen) atoms. The standard InChI is InChI=1S/C27H22BrN3OS/c1-3-30-23-15-9-18(2)17-19(23)10-16-24(30)25-26(32)31(22-7-5-4-6-8-22)27(33-25)29-21-13-11-20(28)12-14-21/h4-17H,3H2,1-2H3. The first-order valence-corrected chi connectivity index (χ1v) is 12.4. The third-order valence-corrected chi connectivity index (χ3v) is 7.15. The molecule has 2 aliphatic heterocycles. The number of anilines is 2. The number of halogens is 1. The maximum absolute atomic E-state index is 13.8. The maximum atomic E-state index is 13.8. The Kier molecular flexibility index (Phi) is 5.96. The monoisotopic (exact) mass is 515 g/mol. The van der Waals surface area contributed by atoms with Crippen LogP contribution in [0, 0.1) is 6.92 Å². The van der Waals surface area contributed by atoms with E-state index in [9.17, 15) is 4.79 Å². The van der Waals surface area contributed by atoms with E-state index < -0.39 is 0 Å². The minimum atomic E-state index is -0.0595. The number of amidine groups is 1. The number of rotatable bonds is 3. The van der Waals surface area contributed by atoms with Crippen molar-refractivity contribution in [2.24, 2.45) is 4.99 Å². The van der Waals surface area contributed by atoms with Crippen molar-refractivity contribution in [3.05, 3.63) is 105 Å². The molecule has 5 rings (SSSR count). The van der Waals surface area contributed by atoms with Gasteiger partial charge in [-0.25, -0.2) is 4.99 Å². The summed E-state index contributed by atoms with van der Waals surface area (Å²) in [6.45, 7) is 4.97. The molecule has 0 aliphatic carbocycles. The molecule has 164 valence electrons. The molecule has 0 spiro atoms. The van der Waals surface area contributed by atoms with E-state index in [1.54, 1.807) is 4.90 Å². The van der Waals surface area contributed by atoms with E-state index in [1.807, 2.05) is 54.6 Å². The van der Waals surface area contributed by atoms with Crippen molar-refractivity contribution >= 4 is 61.9 Å². The van der Waals surface area contributed by atoms with Crippen molar-refractivity contribution in [2.75, 3.05) is 16.3 Å². The molecule has 2 heterocycles. The Morgan fingerprint density at radius 1 is 0.970 bits per heavy atom. The van der Waals surface area contributed by atoms with Gasteiger partial charge in [-0.3, -0.25) is 9.69 Å². The first kappa shape index (κ1) is 21.7. The van der Waals surface area contributed by atoms with Crippen LogP contribution in [0.25, 0.3) is 6.08 Å². The highest BCUT2D eigenvalue weighted by molar-refractivity contribution is 9.10. The number of fused-ring (bicyclic) bond motifs is 1. The van der Waals surface area contributed by atoms with Crippen molar-refractivity contribution in [2.45, 2.75) is 13.8 Å². The third kappa shape index (κ3) is 4.16. The fourth-order valence-electron chi connectivity index (χ4n) is 4.02. The summed E-state index contributed by atoms with van der Waals surface area (Å²) in [6, 6.07) is 23.9. The zero-order valence-corrected chi connectivity index (χ0v) is 20.7. The average molecular weight is 516 g/mol. The molecule has 6 heteroatoms. The van der Waals surface area contributed by atoms with Crippen LogP contribution in [0.15, 0.2) is 98.9 Å². The summed E-state index contributed by atoms with van der Waals surface area (Å²) in [7, 11) is 0. The largest absolute Gasteiger partial charge is 0.340 e. The molecule has 0 radical (unpaired) electrons. The number of aliphatic imine (C=N–C) groups is 1. The Bertz CT molecular complexity index is 1310. The highest BCUT2D eigenvalue weighted by Gasteiger charge is 2.38. The second kappa shape index (κ2) is 9.04. The Labute approximate surface area is 206 Å². The first-order valence-electron chi connectivity index (χ1n) is 10.8. The Balaban J connectivity index is 1.63. The van der Waals surface area contributed by atoms with E-state index in [0.717, 1.165) is 33.8 Å². The molecular formula is C27H22BrN3OS. The Morgan fingerprint density at radius 2 is 1.73 bits per heavy atom. The number of aryl methyl sites for hydroxylation is 1. The highest BCUT2D eigenvalue weighted by Crippen LogP contribution is 2.42. The predicted molar refractivity (Wildman–Crippen MR) is 143 cm³/mol. The fraction of sp³-hybridized carbons (Fsp3) is 0.111. The van der Waals surface area contributed by atoms with E-state index >= 15 is 0 Å². The average Bonchev–Trinajstić information content (AvgIpc) is 3.15. The molecule has 3 aromatic rings. The molecule has 1 saturated heterocycles. The summed E-state index contributed by atoms with van der Waals surface area (Å²) in [5, 5.41) is 0.648. The van der Waals surface area contributed by atoms with E-state index in [0.29, 0.717) is 10.1 Å². The molecule has 4 nitrogen and oxygen atoms in total. The van der Waals surface area contributed by atoms with Gasteiger partial charge in [-0.1, -0.05) is 51.8 Å². The normalized spacial score (nSPS) is 18.9. The molecule has 0 unspecified atom stereocenters. The van der Waals surface area contributed by atoms with E-state index in [1.165, 1.54) is 22.9 Å². The molecule has 2 aliphatic rings. The second-order valence-electron chi connectivity index (χ2n) is 7.80. The lowest BCUT2D eigenvalue weighted by Gasteiger charge is -2.30. The number of para-hydroxylation sites is 1. The lowest BCUT2D eigenvalue weighted by molar-refractivity contribution is -0.113. The van der Waals surface area contributed by atoms with Gasteiger partial charge in [0.25, 0.3) is 5.91 Å². The number of benzene rings is 3. The lowest BCUT2D eigenvalue weighted by Crippen LogP contribution is -2.31.